The molecular formula is C7H10BrF3O. The highest BCUT2D eigenvalue weighted by molar-refractivity contribution is 9.09. The minimum absolute atomic E-state index is 0.0386. The highest BCUT2D eigenvalue weighted by atomic mass is 79.9. The summed E-state index contributed by atoms with van der Waals surface area (Å²) in [6.45, 7) is -0.201. The van der Waals surface area contributed by atoms with Crippen molar-refractivity contribution in [2.45, 2.75) is 36.4 Å². The average Bonchev–Trinajstić information content (AvgIpc) is 1.81. The van der Waals surface area contributed by atoms with E-state index in [1.54, 1.807) is 0 Å². The van der Waals surface area contributed by atoms with E-state index in [9.17, 15) is 13.2 Å². The molecule has 12 heavy (non-hydrogen) atoms. The quantitative estimate of drug-likeness (QED) is 0.697. The first-order valence-electron chi connectivity index (χ1n) is 3.80. The minimum atomic E-state index is -4.09. The molecule has 0 aliphatic heterocycles. The monoisotopic (exact) mass is 246 g/mol. The summed E-state index contributed by atoms with van der Waals surface area (Å²) in [6.07, 6.45) is -3.22. The number of alkyl halides is 4. The molecule has 0 aromatic rings. The van der Waals surface area contributed by atoms with Crippen LogP contribution in [0.25, 0.3) is 0 Å². The van der Waals surface area contributed by atoms with Gasteiger partial charge in [-0.15, -0.1) is 0 Å². The molecule has 0 saturated heterocycles. The van der Waals surface area contributed by atoms with Crippen LogP contribution in [0.15, 0.2) is 0 Å². The van der Waals surface area contributed by atoms with E-state index in [1.165, 1.54) is 0 Å². The summed E-state index contributed by atoms with van der Waals surface area (Å²) >= 11 is 3.33. The van der Waals surface area contributed by atoms with Crippen molar-refractivity contribution in [3.05, 3.63) is 0 Å². The molecule has 0 bridgehead atoms. The Labute approximate surface area is 77.4 Å². The first-order chi connectivity index (χ1) is 5.47. The van der Waals surface area contributed by atoms with E-state index >= 15 is 0 Å². The van der Waals surface area contributed by atoms with Gasteiger partial charge in [0.2, 0.25) is 0 Å². The van der Waals surface area contributed by atoms with E-state index in [1.807, 2.05) is 0 Å². The first kappa shape index (κ1) is 10.3. The summed E-state index contributed by atoms with van der Waals surface area (Å²) in [6, 6.07) is 0. The molecule has 72 valence electrons. The molecule has 1 fully saturated rings. The Balaban J connectivity index is 1.97. The lowest BCUT2D eigenvalue weighted by atomic mass is 9.96. The number of halogens is 4. The molecule has 1 aliphatic rings. The van der Waals surface area contributed by atoms with Gasteiger partial charge in [-0.3, -0.25) is 0 Å². The molecule has 1 saturated carbocycles. The summed E-state index contributed by atoms with van der Waals surface area (Å²) in [7, 11) is 0. The molecule has 0 spiro atoms. The van der Waals surface area contributed by atoms with Crippen molar-refractivity contribution in [1.29, 1.82) is 0 Å². The topological polar surface area (TPSA) is 9.23 Å². The second kappa shape index (κ2) is 3.96. The molecule has 0 atom stereocenters. The van der Waals surface area contributed by atoms with Gasteiger partial charge in [-0.2, -0.15) is 13.2 Å². The lowest BCUT2D eigenvalue weighted by Gasteiger charge is -2.31. The van der Waals surface area contributed by atoms with Crippen molar-refractivity contribution in [2.24, 2.45) is 0 Å². The van der Waals surface area contributed by atoms with Crippen LogP contribution in [-0.4, -0.2) is 23.7 Å². The SMILES string of the molecule is FC(F)(F)CCOC1CC(Br)C1. The zero-order chi connectivity index (χ0) is 9.19. The molecule has 0 aromatic heterocycles. The summed E-state index contributed by atoms with van der Waals surface area (Å²) in [4.78, 5) is 0.438. The van der Waals surface area contributed by atoms with Crippen molar-refractivity contribution >= 4 is 15.9 Å². The predicted octanol–water partition coefficient (Wildman–Crippen LogP) is 2.88. The van der Waals surface area contributed by atoms with E-state index in [0.29, 0.717) is 4.83 Å². The van der Waals surface area contributed by atoms with Crippen LogP contribution in [0.2, 0.25) is 0 Å². The second-order valence-corrected chi connectivity index (χ2v) is 4.22. The third-order valence-corrected chi connectivity index (χ3v) is 2.52. The van der Waals surface area contributed by atoms with Crippen LogP contribution in [0.3, 0.4) is 0 Å². The highest BCUT2D eigenvalue weighted by Crippen LogP contribution is 2.30. The lowest BCUT2D eigenvalue weighted by Crippen LogP contribution is -2.32. The first-order valence-corrected chi connectivity index (χ1v) is 4.71. The molecule has 5 heteroatoms. The molecule has 0 N–H and O–H groups in total. The molecule has 0 heterocycles. The van der Waals surface area contributed by atoms with Crippen LogP contribution in [-0.2, 0) is 4.74 Å². The fraction of sp³-hybridized carbons (Fsp3) is 1.00. The Kier molecular flexibility index (Phi) is 3.40. The Bertz CT molecular complexity index is 142. The molecular weight excluding hydrogens is 237 g/mol. The standard InChI is InChI=1S/C7H10BrF3O/c8-5-3-6(4-5)12-2-1-7(9,10)11/h5-6H,1-4H2. The van der Waals surface area contributed by atoms with Crippen LogP contribution >= 0.6 is 15.9 Å². The van der Waals surface area contributed by atoms with Crippen LogP contribution < -0.4 is 0 Å². The Hall–Kier alpha value is 0.230. The third kappa shape index (κ3) is 3.76. The van der Waals surface area contributed by atoms with Gasteiger partial charge in [0, 0.05) is 4.83 Å². The molecule has 0 radical (unpaired) electrons. The Morgan fingerprint density at radius 2 is 1.92 bits per heavy atom. The van der Waals surface area contributed by atoms with Crippen molar-refractivity contribution < 1.29 is 17.9 Å². The molecule has 0 unspecified atom stereocenters. The van der Waals surface area contributed by atoms with E-state index in [4.69, 9.17) is 4.74 Å². The van der Waals surface area contributed by atoms with E-state index in [-0.39, 0.29) is 12.7 Å². The van der Waals surface area contributed by atoms with Gasteiger partial charge in [0.25, 0.3) is 0 Å². The molecule has 1 rings (SSSR count). The third-order valence-electron chi connectivity index (χ3n) is 1.78. The second-order valence-electron chi connectivity index (χ2n) is 2.93. The van der Waals surface area contributed by atoms with Gasteiger partial charge >= 0.3 is 6.18 Å². The number of ether oxygens (including phenoxy) is 1. The van der Waals surface area contributed by atoms with E-state index < -0.39 is 12.6 Å². The van der Waals surface area contributed by atoms with Crippen molar-refractivity contribution in [1.82, 2.24) is 0 Å². The molecule has 1 aliphatic carbocycles. The normalized spacial score (nSPS) is 30.0. The average molecular weight is 247 g/mol. The van der Waals surface area contributed by atoms with Gasteiger partial charge in [-0.1, -0.05) is 15.9 Å². The summed E-state index contributed by atoms with van der Waals surface area (Å²) < 4.78 is 39.8. The maximum Gasteiger partial charge on any atom is 0.391 e. The largest absolute Gasteiger partial charge is 0.391 e. The summed E-state index contributed by atoms with van der Waals surface area (Å²) in [5, 5.41) is 0. The number of hydrogen-bond acceptors (Lipinski definition) is 1. The van der Waals surface area contributed by atoms with Crippen LogP contribution in [0.5, 0.6) is 0 Å². The van der Waals surface area contributed by atoms with Crippen LogP contribution in [0, 0.1) is 0 Å². The van der Waals surface area contributed by atoms with Crippen molar-refractivity contribution in [3.8, 4) is 0 Å². The zero-order valence-electron chi connectivity index (χ0n) is 6.40. The fourth-order valence-corrected chi connectivity index (χ4v) is 1.81. The van der Waals surface area contributed by atoms with Gasteiger partial charge in [0.1, 0.15) is 0 Å². The van der Waals surface area contributed by atoms with Gasteiger partial charge in [-0.25, -0.2) is 0 Å². The predicted molar refractivity (Wildman–Crippen MR) is 42.4 cm³/mol. The van der Waals surface area contributed by atoms with Gasteiger partial charge in [0.05, 0.1) is 19.1 Å². The smallest absolute Gasteiger partial charge is 0.378 e. The van der Waals surface area contributed by atoms with Gasteiger partial charge < -0.3 is 4.74 Å². The van der Waals surface area contributed by atoms with Crippen LogP contribution in [0.4, 0.5) is 13.2 Å². The molecule has 1 nitrogen and oxygen atoms in total. The summed E-state index contributed by atoms with van der Waals surface area (Å²) in [5.74, 6) is 0. The van der Waals surface area contributed by atoms with Crippen molar-refractivity contribution in [2.75, 3.05) is 6.61 Å². The Morgan fingerprint density at radius 3 is 2.33 bits per heavy atom. The molecule has 0 aromatic carbocycles. The lowest BCUT2D eigenvalue weighted by molar-refractivity contribution is -0.151. The number of rotatable bonds is 3. The zero-order valence-corrected chi connectivity index (χ0v) is 7.99. The van der Waals surface area contributed by atoms with Crippen molar-refractivity contribution in [3.63, 3.8) is 0 Å². The maximum atomic E-state index is 11.6. The fourth-order valence-electron chi connectivity index (χ4n) is 0.979. The van der Waals surface area contributed by atoms with E-state index in [2.05, 4.69) is 15.9 Å². The molecule has 0 amide bonds. The minimum Gasteiger partial charge on any atom is -0.378 e. The van der Waals surface area contributed by atoms with E-state index in [0.717, 1.165) is 12.8 Å². The van der Waals surface area contributed by atoms with Gasteiger partial charge in [-0.05, 0) is 12.8 Å². The highest BCUT2D eigenvalue weighted by Gasteiger charge is 2.30. The Morgan fingerprint density at radius 1 is 1.33 bits per heavy atom. The maximum absolute atomic E-state index is 11.6. The summed E-state index contributed by atoms with van der Waals surface area (Å²) in [5.41, 5.74) is 0. The van der Waals surface area contributed by atoms with Gasteiger partial charge in [0.15, 0.2) is 0 Å². The van der Waals surface area contributed by atoms with Crippen LogP contribution in [0.1, 0.15) is 19.3 Å². The number of hydrogen-bond donors (Lipinski definition) is 0.